The van der Waals surface area contributed by atoms with Gasteiger partial charge in [0.05, 0.1) is 6.61 Å². The Labute approximate surface area is 131 Å². The van der Waals surface area contributed by atoms with Crippen molar-refractivity contribution in [3.63, 3.8) is 0 Å². The van der Waals surface area contributed by atoms with E-state index in [2.05, 4.69) is 31.0 Å². The molecule has 0 spiro atoms. The largest absolute Gasteiger partial charge is 0.462 e. The highest BCUT2D eigenvalue weighted by Gasteiger charge is 2.35. The minimum Gasteiger partial charge on any atom is -0.462 e. The topological polar surface area (TPSA) is 68.8 Å². The van der Waals surface area contributed by atoms with Gasteiger partial charge in [-0.2, -0.15) is 18.2 Å². The lowest BCUT2D eigenvalue weighted by molar-refractivity contribution is -0.137. The van der Waals surface area contributed by atoms with Gasteiger partial charge in [-0.15, -0.1) is 5.10 Å². The van der Waals surface area contributed by atoms with Gasteiger partial charge in [-0.1, -0.05) is 0 Å². The summed E-state index contributed by atoms with van der Waals surface area (Å²) in [5, 5.41) is 3.81. The lowest BCUT2D eigenvalue weighted by atomic mass is 10.2. The molecular formula is C12H10BrF3N4O2. The molecule has 2 heterocycles. The molecule has 0 saturated carbocycles. The van der Waals surface area contributed by atoms with Crippen molar-refractivity contribution in [1.29, 1.82) is 0 Å². The molecule has 22 heavy (non-hydrogen) atoms. The van der Waals surface area contributed by atoms with Crippen LogP contribution >= 0.6 is 15.9 Å². The summed E-state index contributed by atoms with van der Waals surface area (Å²) in [5.41, 5.74) is -1.40. The molecule has 0 saturated heterocycles. The number of nitrogens with zero attached hydrogens (tertiary/aromatic N) is 4. The Hall–Kier alpha value is -1.97. The van der Waals surface area contributed by atoms with Crippen LogP contribution in [-0.4, -0.2) is 32.9 Å². The zero-order chi connectivity index (χ0) is 16.5. The van der Waals surface area contributed by atoms with Gasteiger partial charge >= 0.3 is 12.1 Å². The molecule has 0 aliphatic carbocycles. The normalized spacial score (nSPS) is 12.7. The van der Waals surface area contributed by atoms with Crippen molar-refractivity contribution in [3.05, 3.63) is 22.3 Å². The molecule has 0 aromatic carbocycles. The Morgan fingerprint density at radius 1 is 1.50 bits per heavy atom. The number of fused-ring (bicyclic) bond motifs is 1. The first-order chi connectivity index (χ1) is 10.2. The second kappa shape index (κ2) is 6.03. The molecule has 0 unspecified atom stereocenters. The summed E-state index contributed by atoms with van der Waals surface area (Å²) in [6.07, 6.45) is -3.27. The quantitative estimate of drug-likeness (QED) is 0.607. The number of ether oxygens (including phenoxy) is 1. The van der Waals surface area contributed by atoms with Crippen LogP contribution in [0.15, 0.2) is 21.7 Å². The summed E-state index contributed by atoms with van der Waals surface area (Å²) >= 11 is 2.98. The molecule has 0 atom stereocenters. The molecule has 0 aliphatic heterocycles. The first-order valence-electron chi connectivity index (χ1n) is 6.08. The van der Waals surface area contributed by atoms with Crippen LogP contribution in [0.5, 0.6) is 0 Å². The van der Waals surface area contributed by atoms with E-state index in [9.17, 15) is 18.0 Å². The van der Waals surface area contributed by atoms with Crippen molar-refractivity contribution in [2.24, 2.45) is 4.99 Å². The maximum absolute atomic E-state index is 13.0. The van der Waals surface area contributed by atoms with E-state index in [1.807, 2.05) is 0 Å². The van der Waals surface area contributed by atoms with Crippen LogP contribution in [0, 0.1) is 0 Å². The fraction of sp³-hybridized carbons (Fsp3) is 0.333. The fourth-order valence-corrected chi connectivity index (χ4v) is 2.05. The van der Waals surface area contributed by atoms with Crippen molar-refractivity contribution in [2.75, 3.05) is 6.61 Å². The van der Waals surface area contributed by atoms with Gasteiger partial charge in [0.2, 0.25) is 0 Å². The Bertz CT molecular complexity index is 755. The van der Waals surface area contributed by atoms with E-state index in [1.54, 1.807) is 6.92 Å². The van der Waals surface area contributed by atoms with Crippen molar-refractivity contribution >= 4 is 39.2 Å². The van der Waals surface area contributed by atoms with E-state index in [1.165, 1.54) is 13.1 Å². The number of carbonyl (C=O) groups is 1. The molecule has 0 aliphatic rings. The van der Waals surface area contributed by atoms with Gasteiger partial charge in [0.1, 0.15) is 11.3 Å². The predicted molar refractivity (Wildman–Crippen MR) is 75.1 cm³/mol. The van der Waals surface area contributed by atoms with Crippen LogP contribution < -0.4 is 0 Å². The van der Waals surface area contributed by atoms with Gasteiger partial charge in [0, 0.05) is 10.7 Å². The first-order valence-corrected chi connectivity index (χ1v) is 6.87. The van der Waals surface area contributed by atoms with Crippen molar-refractivity contribution in [2.45, 2.75) is 20.0 Å². The SMILES string of the molecule is CCOC(=O)/C(C)=N\c1nc2c(C(F)(F)F)cc(Br)cn2n1. The Balaban J connectivity index is 2.51. The van der Waals surface area contributed by atoms with E-state index in [0.29, 0.717) is 0 Å². The molecule has 6 nitrogen and oxygen atoms in total. The minimum absolute atomic E-state index is 0.0506. The average molecular weight is 379 g/mol. The smallest absolute Gasteiger partial charge is 0.420 e. The van der Waals surface area contributed by atoms with Gasteiger partial charge in [0.25, 0.3) is 5.95 Å². The Morgan fingerprint density at radius 3 is 2.77 bits per heavy atom. The number of pyridine rings is 1. The second-order valence-electron chi connectivity index (χ2n) is 4.17. The van der Waals surface area contributed by atoms with Crippen molar-refractivity contribution in [1.82, 2.24) is 14.6 Å². The average Bonchev–Trinajstić information content (AvgIpc) is 2.78. The highest BCUT2D eigenvalue weighted by molar-refractivity contribution is 9.10. The molecule has 2 rings (SSSR count). The Kier molecular flexibility index (Phi) is 4.50. The zero-order valence-electron chi connectivity index (χ0n) is 11.5. The minimum atomic E-state index is -4.59. The number of hydrogen-bond donors (Lipinski definition) is 0. The van der Waals surface area contributed by atoms with Gasteiger partial charge in [-0.3, -0.25) is 0 Å². The van der Waals surface area contributed by atoms with Crippen LogP contribution in [0.4, 0.5) is 19.1 Å². The summed E-state index contributed by atoms with van der Waals surface area (Å²) in [4.78, 5) is 18.9. The van der Waals surface area contributed by atoms with Crippen LogP contribution in [0.2, 0.25) is 0 Å². The molecule has 0 bridgehead atoms. The third-order valence-electron chi connectivity index (χ3n) is 2.53. The highest BCUT2D eigenvalue weighted by atomic mass is 79.9. The van der Waals surface area contributed by atoms with Crippen LogP contribution in [-0.2, 0) is 15.7 Å². The lowest BCUT2D eigenvalue weighted by Crippen LogP contribution is -2.13. The summed E-state index contributed by atoms with van der Waals surface area (Å²) in [6.45, 7) is 3.15. The molecule has 10 heteroatoms. The van der Waals surface area contributed by atoms with Gasteiger partial charge < -0.3 is 4.74 Å². The standard InChI is InChI=1S/C12H10BrF3N4O2/c1-3-22-10(21)6(2)17-11-18-9-8(12(14,15)16)4-7(13)5-20(9)19-11/h4-5H,3H2,1-2H3/b17-6-. The molecular weight excluding hydrogens is 369 g/mol. The molecule has 0 N–H and O–H groups in total. The lowest BCUT2D eigenvalue weighted by Gasteiger charge is -2.07. The molecule has 2 aromatic rings. The molecule has 0 amide bonds. The van der Waals surface area contributed by atoms with E-state index in [-0.39, 0.29) is 22.7 Å². The van der Waals surface area contributed by atoms with Crippen molar-refractivity contribution in [3.8, 4) is 0 Å². The Morgan fingerprint density at radius 2 is 2.18 bits per heavy atom. The maximum Gasteiger partial charge on any atom is 0.420 e. The van der Waals surface area contributed by atoms with E-state index in [4.69, 9.17) is 4.74 Å². The second-order valence-corrected chi connectivity index (χ2v) is 5.08. The summed E-state index contributed by atoms with van der Waals surface area (Å²) in [6, 6.07) is 0.899. The zero-order valence-corrected chi connectivity index (χ0v) is 13.1. The van der Waals surface area contributed by atoms with Crippen molar-refractivity contribution < 1.29 is 22.7 Å². The van der Waals surface area contributed by atoms with Gasteiger partial charge in [-0.05, 0) is 35.8 Å². The maximum atomic E-state index is 13.0. The number of aliphatic imine (C=N–C) groups is 1. The number of aromatic nitrogens is 3. The number of hydrogen-bond acceptors (Lipinski definition) is 5. The number of halogens is 4. The van der Waals surface area contributed by atoms with Gasteiger partial charge in [0.15, 0.2) is 5.65 Å². The van der Waals surface area contributed by atoms with E-state index in [0.717, 1.165) is 10.6 Å². The third kappa shape index (κ3) is 3.43. The van der Waals surface area contributed by atoms with Crippen LogP contribution in [0.25, 0.3) is 5.65 Å². The predicted octanol–water partition coefficient (Wildman–Crippen LogP) is 3.17. The van der Waals surface area contributed by atoms with Crippen LogP contribution in [0.3, 0.4) is 0 Å². The summed E-state index contributed by atoms with van der Waals surface area (Å²) in [7, 11) is 0. The number of rotatable bonds is 3. The molecule has 0 radical (unpaired) electrons. The first kappa shape index (κ1) is 16.4. The number of carbonyl (C=O) groups excluding carboxylic acids is 1. The van der Waals surface area contributed by atoms with E-state index < -0.39 is 23.4 Å². The van der Waals surface area contributed by atoms with E-state index >= 15 is 0 Å². The third-order valence-corrected chi connectivity index (χ3v) is 2.97. The number of esters is 1. The number of alkyl halides is 3. The monoisotopic (exact) mass is 378 g/mol. The van der Waals surface area contributed by atoms with Gasteiger partial charge in [-0.25, -0.2) is 14.3 Å². The molecule has 118 valence electrons. The molecule has 2 aromatic heterocycles. The highest BCUT2D eigenvalue weighted by Crippen LogP contribution is 2.34. The summed E-state index contributed by atoms with van der Waals surface area (Å²) in [5.74, 6) is -0.937. The summed E-state index contributed by atoms with van der Waals surface area (Å²) < 4.78 is 44.8. The fourth-order valence-electron chi connectivity index (χ4n) is 1.63. The van der Waals surface area contributed by atoms with Crippen LogP contribution in [0.1, 0.15) is 19.4 Å². The molecule has 0 fully saturated rings.